The van der Waals surface area contributed by atoms with E-state index >= 15 is 0 Å². The molecule has 2 saturated carbocycles. The summed E-state index contributed by atoms with van der Waals surface area (Å²) in [5.74, 6) is 0.413. The minimum Gasteiger partial charge on any atom is -0.306 e. The molecule has 1 aromatic heterocycles. The molecule has 5 nitrogen and oxygen atoms in total. The summed E-state index contributed by atoms with van der Waals surface area (Å²) in [5.41, 5.74) is 3.31. The van der Waals surface area contributed by atoms with Crippen molar-refractivity contribution in [3.63, 3.8) is 0 Å². The number of carbonyl (C=O) groups excluding carboxylic acids is 1. The highest BCUT2D eigenvalue weighted by Gasteiger charge is 2.43. The number of pyridine rings is 1. The van der Waals surface area contributed by atoms with E-state index in [1.165, 1.54) is 25.7 Å². The summed E-state index contributed by atoms with van der Waals surface area (Å²) < 4.78 is 0. The second-order valence-corrected chi connectivity index (χ2v) is 10.6. The molecule has 0 spiro atoms. The molecule has 3 aliphatic rings. The van der Waals surface area contributed by atoms with Crippen LogP contribution in [0, 0.1) is 16.7 Å². The Bertz CT molecular complexity index is 761. The SMILES string of the molecule is CC1(C)CC(N2N=C(C3CCCCC3)c3cnccc3NC2=O)CC(C)(C)C1. The predicted octanol–water partition coefficient (Wildman–Crippen LogP) is 5.82. The zero-order valence-corrected chi connectivity index (χ0v) is 17.8. The van der Waals surface area contributed by atoms with Crippen molar-refractivity contribution in [2.45, 2.75) is 85.1 Å². The fraction of sp³-hybridized carbons (Fsp3) is 0.696. The fourth-order valence-electron chi connectivity index (χ4n) is 5.98. The van der Waals surface area contributed by atoms with Crippen LogP contribution in [0.2, 0.25) is 0 Å². The lowest BCUT2D eigenvalue weighted by atomic mass is 9.63. The molecule has 0 bridgehead atoms. The van der Waals surface area contributed by atoms with Gasteiger partial charge in [-0.25, -0.2) is 9.80 Å². The van der Waals surface area contributed by atoms with Crippen molar-refractivity contribution in [3.05, 3.63) is 24.0 Å². The normalized spacial score (nSPS) is 25.5. The third-order valence-corrected chi connectivity index (χ3v) is 6.63. The van der Waals surface area contributed by atoms with Gasteiger partial charge in [0.25, 0.3) is 0 Å². The smallest absolute Gasteiger partial charge is 0.306 e. The number of hydrazone groups is 1. The van der Waals surface area contributed by atoms with Crippen molar-refractivity contribution in [3.8, 4) is 0 Å². The van der Waals surface area contributed by atoms with Gasteiger partial charge in [0.15, 0.2) is 0 Å². The minimum absolute atomic E-state index is 0.100. The summed E-state index contributed by atoms with van der Waals surface area (Å²) in [6, 6.07) is 1.93. The Balaban J connectivity index is 1.74. The molecule has 2 heterocycles. The molecular weight excluding hydrogens is 348 g/mol. The maximum atomic E-state index is 13.2. The van der Waals surface area contributed by atoms with Crippen LogP contribution in [0.4, 0.5) is 10.5 Å². The molecule has 28 heavy (non-hydrogen) atoms. The van der Waals surface area contributed by atoms with Gasteiger partial charge in [0.05, 0.1) is 17.4 Å². The van der Waals surface area contributed by atoms with E-state index in [4.69, 9.17) is 5.10 Å². The largest absolute Gasteiger partial charge is 0.342 e. The summed E-state index contributed by atoms with van der Waals surface area (Å²) in [5, 5.41) is 9.98. The lowest BCUT2D eigenvalue weighted by Gasteiger charge is -2.47. The number of rotatable bonds is 2. The first-order chi connectivity index (χ1) is 13.2. The van der Waals surface area contributed by atoms with Crippen molar-refractivity contribution in [2.75, 3.05) is 5.32 Å². The molecule has 1 aliphatic heterocycles. The molecule has 0 aromatic carbocycles. The van der Waals surface area contributed by atoms with Gasteiger partial charge in [0.1, 0.15) is 0 Å². The van der Waals surface area contributed by atoms with E-state index in [0.717, 1.165) is 42.6 Å². The highest BCUT2D eigenvalue weighted by atomic mass is 16.2. The summed E-state index contributed by atoms with van der Waals surface area (Å²) in [6.07, 6.45) is 12.9. The number of anilines is 1. The standard InChI is InChI=1S/C23H34N4O/c1-22(2)12-17(13-23(3,4)15-22)27-21(28)25-19-10-11-24-14-18(19)20(26-27)16-8-6-5-7-9-16/h10-11,14,16-17H,5-9,12-13,15H2,1-4H3,(H,25,28). The molecule has 0 saturated heterocycles. The zero-order valence-electron chi connectivity index (χ0n) is 17.8. The molecule has 1 N–H and O–H groups in total. The number of nitrogens with one attached hydrogen (secondary N) is 1. The van der Waals surface area contributed by atoms with Crippen LogP contribution in [-0.2, 0) is 0 Å². The van der Waals surface area contributed by atoms with E-state index in [0.29, 0.717) is 5.92 Å². The number of hydrogen-bond acceptors (Lipinski definition) is 3. The number of amides is 2. The molecule has 5 heteroatoms. The van der Waals surface area contributed by atoms with Gasteiger partial charge in [-0.2, -0.15) is 5.10 Å². The van der Waals surface area contributed by atoms with Crippen molar-refractivity contribution in [1.82, 2.24) is 9.99 Å². The second-order valence-electron chi connectivity index (χ2n) is 10.6. The Hall–Kier alpha value is -1.91. The molecule has 2 amide bonds. The van der Waals surface area contributed by atoms with Crippen molar-refractivity contribution in [2.24, 2.45) is 21.8 Å². The van der Waals surface area contributed by atoms with Crippen LogP contribution in [0.1, 0.15) is 84.6 Å². The van der Waals surface area contributed by atoms with Crippen molar-refractivity contribution in [1.29, 1.82) is 0 Å². The number of aromatic nitrogens is 1. The first kappa shape index (κ1) is 19.4. The maximum absolute atomic E-state index is 13.2. The average Bonchev–Trinajstić information content (AvgIpc) is 2.76. The summed E-state index contributed by atoms with van der Waals surface area (Å²) in [6.45, 7) is 9.28. The lowest BCUT2D eigenvalue weighted by Crippen LogP contribution is -2.47. The van der Waals surface area contributed by atoms with Crippen molar-refractivity contribution < 1.29 is 4.79 Å². The van der Waals surface area contributed by atoms with Crippen LogP contribution in [0.5, 0.6) is 0 Å². The van der Waals surface area contributed by atoms with E-state index < -0.39 is 0 Å². The third-order valence-electron chi connectivity index (χ3n) is 6.63. The van der Waals surface area contributed by atoms with Crippen LogP contribution < -0.4 is 5.32 Å². The van der Waals surface area contributed by atoms with Crippen LogP contribution >= 0.6 is 0 Å². The van der Waals surface area contributed by atoms with Gasteiger partial charge in [-0.05, 0) is 49.0 Å². The summed E-state index contributed by atoms with van der Waals surface area (Å²) in [4.78, 5) is 17.6. The fourth-order valence-corrected chi connectivity index (χ4v) is 5.98. The van der Waals surface area contributed by atoms with Gasteiger partial charge in [-0.3, -0.25) is 4.98 Å². The van der Waals surface area contributed by atoms with E-state index in [2.05, 4.69) is 38.0 Å². The minimum atomic E-state index is -0.100. The van der Waals surface area contributed by atoms with E-state index in [1.807, 2.05) is 12.3 Å². The van der Waals surface area contributed by atoms with Crippen molar-refractivity contribution >= 4 is 17.4 Å². The van der Waals surface area contributed by atoms with Gasteiger partial charge < -0.3 is 5.32 Å². The lowest BCUT2D eigenvalue weighted by molar-refractivity contribution is 0.0432. The molecule has 0 radical (unpaired) electrons. The summed E-state index contributed by atoms with van der Waals surface area (Å²) in [7, 11) is 0. The van der Waals surface area contributed by atoms with E-state index in [-0.39, 0.29) is 22.9 Å². The Labute approximate surface area is 169 Å². The Morgan fingerprint density at radius 1 is 1.07 bits per heavy atom. The van der Waals surface area contributed by atoms with Gasteiger partial charge in [0.2, 0.25) is 0 Å². The van der Waals surface area contributed by atoms with Gasteiger partial charge in [0, 0.05) is 23.9 Å². The molecule has 2 fully saturated rings. The molecule has 1 aromatic rings. The molecule has 0 unspecified atom stereocenters. The van der Waals surface area contributed by atoms with E-state index in [1.54, 1.807) is 11.2 Å². The summed E-state index contributed by atoms with van der Waals surface area (Å²) >= 11 is 0. The van der Waals surface area contributed by atoms with Gasteiger partial charge >= 0.3 is 6.03 Å². The Morgan fingerprint density at radius 3 is 2.43 bits per heavy atom. The Kier molecular flexibility index (Phi) is 4.96. The first-order valence-corrected chi connectivity index (χ1v) is 10.9. The zero-order chi connectivity index (χ0) is 19.9. The third kappa shape index (κ3) is 3.94. The predicted molar refractivity (Wildman–Crippen MR) is 113 cm³/mol. The topological polar surface area (TPSA) is 57.6 Å². The molecule has 2 aliphatic carbocycles. The number of carbonyl (C=O) groups is 1. The van der Waals surface area contributed by atoms with Gasteiger partial charge in [-0.1, -0.05) is 47.0 Å². The number of fused-ring (bicyclic) bond motifs is 1. The highest BCUT2D eigenvalue weighted by molar-refractivity contribution is 6.10. The van der Waals surface area contributed by atoms with Crippen LogP contribution in [-0.4, -0.2) is 27.8 Å². The van der Waals surface area contributed by atoms with Crippen LogP contribution in [0.3, 0.4) is 0 Å². The highest BCUT2D eigenvalue weighted by Crippen LogP contribution is 2.47. The molecule has 152 valence electrons. The number of urea groups is 1. The number of nitrogens with zero attached hydrogens (tertiary/aromatic N) is 3. The monoisotopic (exact) mass is 382 g/mol. The van der Waals surface area contributed by atoms with Crippen LogP contribution in [0.15, 0.2) is 23.6 Å². The first-order valence-electron chi connectivity index (χ1n) is 10.9. The maximum Gasteiger partial charge on any atom is 0.342 e. The van der Waals surface area contributed by atoms with E-state index in [9.17, 15) is 4.79 Å². The Morgan fingerprint density at radius 2 is 1.75 bits per heavy atom. The molecule has 0 atom stereocenters. The molecule has 4 rings (SSSR count). The second kappa shape index (κ2) is 7.16. The quantitative estimate of drug-likeness (QED) is 0.701. The van der Waals surface area contributed by atoms with Crippen LogP contribution in [0.25, 0.3) is 0 Å². The number of hydrogen-bond donors (Lipinski definition) is 1. The van der Waals surface area contributed by atoms with Gasteiger partial charge in [-0.15, -0.1) is 0 Å². The molecular formula is C23H34N4O. The average molecular weight is 383 g/mol.